The number of carbonyl (C=O) groups excluding carboxylic acids is 1. The zero-order chi connectivity index (χ0) is 13.8. The smallest absolute Gasteiger partial charge is 0.311 e. The Kier molecular flexibility index (Phi) is 5.19. The number of carbonyl (C=O) groups is 1. The molecule has 1 N–H and O–H groups in total. The monoisotopic (exact) mass is 272 g/mol. The highest BCUT2D eigenvalue weighted by Crippen LogP contribution is 2.40. The standard InChI is InChI=1S/C14H24O5/c1-17-13(16)11-9-7-5-3-4-6-8-10(15)12(11)19-14(9)18-2/h9-12,14-15H,3-8H2,1-2H3/t9-,10-,11-,12+,14-/m0/s1. The van der Waals surface area contributed by atoms with E-state index in [0.717, 1.165) is 32.1 Å². The van der Waals surface area contributed by atoms with E-state index >= 15 is 0 Å². The third kappa shape index (κ3) is 3.09. The fourth-order valence-electron chi connectivity index (χ4n) is 3.33. The van der Waals surface area contributed by atoms with E-state index in [1.165, 1.54) is 7.11 Å². The van der Waals surface area contributed by atoms with Crippen molar-refractivity contribution in [3.05, 3.63) is 0 Å². The maximum absolute atomic E-state index is 12.0. The second-order valence-electron chi connectivity index (χ2n) is 5.48. The molecule has 0 aromatic heterocycles. The summed E-state index contributed by atoms with van der Waals surface area (Å²) >= 11 is 0. The van der Waals surface area contributed by atoms with E-state index in [4.69, 9.17) is 14.2 Å². The Bertz CT molecular complexity index is 304. The van der Waals surface area contributed by atoms with E-state index in [0.29, 0.717) is 6.42 Å². The summed E-state index contributed by atoms with van der Waals surface area (Å²) in [6.07, 6.45) is 4.28. The lowest BCUT2D eigenvalue weighted by Gasteiger charge is -2.25. The predicted molar refractivity (Wildman–Crippen MR) is 68.4 cm³/mol. The van der Waals surface area contributed by atoms with Gasteiger partial charge in [-0.2, -0.15) is 0 Å². The van der Waals surface area contributed by atoms with Gasteiger partial charge >= 0.3 is 5.97 Å². The summed E-state index contributed by atoms with van der Waals surface area (Å²) < 4.78 is 16.0. The van der Waals surface area contributed by atoms with Crippen LogP contribution in [0.4, 0.5) is 0 Å². The van der Waals surface area contributed by atoms with Gasteiger partial charge in [0.25, 0.3) is 0 Å². The molecule has 5 heteroatoms. The minimum atomic E-state index is -0.621. The predicted octanol–water partition coefficient (Wildman–Crippen LogP) is 1.48. The topological polar surface area (TPSA) is 65.0 Å². The van der Waals surface area contributed by atoms with Gasteiger partial charge in [0.2, 0.25) is 0 Å². The molecule has 110 valence electrons. The van der Waals surface area contributed by atoms with Crippen molar-refractivity contribution in [3.63, 3.8) is 0 Å². The molecule has 1 saturated heterocycles. The van der Waals surface area contributed by atoms with Crippen molar-refractivity contribution in [3.8, 4) is 0 Å². The Morgan fingerprint density at radius 1 is 1.16 bits per heavy atom. The second-order valence-corrected chi connectivity index (χ2v) is 5.48. The highest BCUT2D eigenvalue weighted by molar-refractivity contribution is 5.74. The number of ether oxygens (including phenoxy) is 3. The van der Waals surface area contributed by atoms with E-state index in [-0.39, 0.29) is 11.9 Å². The van der Waals surface area contributed by atoms with Crippen LogP contribution in [0.1, 0.15) is 38.5 Å². The molecule has 0 amide bonds. The van der Waals surface area contributed by atoms with Crippen LogP contribution in [0.2, 0.25) is 0 Å². The molecular weight excluding hydrogens is 248 g/mol. The third-order valence-electron chi connectivity index (χ3n) is 4.33. The molecule has 0 unspecified atom stereocenters. The SMILES string of the molecule is COC(=O)[C@H]1[C@@H]2CCCCCC[C@H](O)[C@H]1O[C@@H]2OC. The summed E-state index contributed by atoms with van der Waals surface area (Å²) in [6.45, 7) is 0. The summed E-state index contributed by atoms with van der Waals surface area (Å²) in [5.41, 5.74) is 0. The molecule has 5 nitrogen and oxygen atoms in total. The van der Waals surface area contributed by atoms with Gasteiger partial charge in [-0.1, -0.05) is 25.7 Å². The van der Waals surface area contributed by atoms with Crippen LogP contribution in [0.3, 0.4) is 0 Å². The van der Waals surface area contributed by atoms with Gasteiger partial charge in [-0.25, -0.2) is 0 Å². The zero-order valence-corrected chi connectivity index (χ0v) is 11.7. The van der Waals surface area contributed by atoms with Crippen molar-refractivity contribution in [1.29, 1.82) is 0 Å². The Morgan fingerprint density at radius 2 is 1.84 bits per heavy atom. The molecule has 1 aliphatic carbocycles. The van der Waals surface area contributed by atoms with Crippen molar-refractivity contribution >= 4 is 5.97 Å². The number of hydrogen-bond acceptors (Lipinski definition) is 5. The summed E-state index contributed by atoms with van der Waals surface area (Å²) in [6, 6.07) is 0. The lowest BCUT2D eigenvalue weighted by molar-refractivity contribution is -0.158. The molecule has 0 aromatic rings. The van der Waals surface area contributed by atoms with Crippen LogP contribution >= 0.6 is 0 Å². The quantitative estimate of drug-likeness (QED) is 0.771. The van der Waals surface area contributed by atoms with E-state index in [9.17, 15) is 9.90 Å². The Hall–Kier alpha value is -0.650. The maximum Gasteiger partial charge on any atom is 0.311 e. The number of hydrogen-bond donors (Lipinski definition) is 1. The third-order valence-corrected chi connectivity index (χ3v) is 4.33. The first-order valence-electron chi connectivity index (χ1n) is 7.13. The maximum atomic E-state index is 12.0. The molecule has 0 aromatic carbocycles. The first-order chi connectivity index (χ1) is 9.19. The molecule has 0 radical (unpaired) electrons. The molecule has 2 rings (SSSR count). The van der Waals surface area contributed by atoms with Crippen LogP contribution < -0.4 is 0 Å². The van der Waals surface area contributed by atoms with Gasteiger partial charge in [0.1, 0.15) is 6.10 Å². The minimum absolute atomic E-state index is 0.0183. The Labute approximate surface area is 114 Å². The summed E-state index contributed by atoms with van der Waals surface area (Å²) in [5.74, 6) is -0.729. The minimum Gasteiger partial charge on any atom is -0.469 e. The molecule has 2 fully saturated rings. The molecule has 1 heterocycles. The van der Waals surface area contributed by atoms with E-state index in [2.05, 4.69) is 0 Å². The normalized spacial score (nSPS) is 39.8. The van der Waals surface area contributed by atoms with E-state index < -0.39 is 24.4 Å². The van der Waals surface area contributed by atoms with Gasteiger partial charge < -0.3 is 19.3 Å². The fourth-order valence-corrected chi connectivity index (χ4v) is 3.33. The molecule has 1 aliphatic heterocycles. The number of esters is 1. The van der Waals surface area contributed by atoms with Crippen LogP contribution in [0.25, 0.3) is 0 Å². The molecule has 2 bridgehead atoms. The average molecular weight is 272 g/mol. The molecule has 5 atom stereocenters. The van der Waals surface area contributed by atoms with Crippen LogP contribution in [0.15, 0.2) is 0 Å². The highest BCUT2D eigenvalue weighted by atomic mass is 16.7. The first kappa shape index (κ1) is 14.8. The lowest BCUT2D eigenvalue weighted by atomic mass is 9.82. The van der Waals surface area contributed by atoms with Crippen LogP contribution in [-0.2, 0) is 19.0 Å². The average Bonchev–Trinajstić information content (AvgIpc) is 2.78. The van der Waals surface area contributed by atoms with E-state index in [1.54, 1.807) is 7.11 Å². The first-order valence-corrected chi connectivity index (χ1v) is 7.13. The fraction of sp³-hybridized carbons (Fsp3) is 0.929. The van der Waals surface area contributed by atoms with Crippen LogP contribution in [0, 0.1) is 11.8 Å². The van der Waals surface area contributed by atoms with Gasteiger partial charge in [0.15, 0.2) is 6.29 Å². The Balaban J connectivity index is 2.22. The van der Waals surface area contributed by atoms with Gasteiger partial charge in [0.05, 0.1) is 19.1 Å². The van der Waals surface area contributed by atoms with Gasteiger partial charge in [-0.3, -0.25) is 4.79 Å². The number of rotatable bonds is 2. The van der Waals surface area contributed by atoms with Gasteiger partial charge in [-0.05, 0) is 12.8 Å². The number of aliphatic hydroxyl groups excluding tert-OH is 1. The lowest BCUT2D eigenvalue weighted by Crippen LogP contribution is -2.38. The summed E-state index contributed by atoms with van der Waals surface area (Å²) in [4.78, 5) is 12.0. The highest BCUT2D eigenvalue weighted by Gasteiger charge is 2.51. The number of fused-ring (bicyclic) bond motifs is 2. The van der Waals surface area contributed by atoms with E-state index in [1.807, 2.05) is 0 Å². The molecule has 2 aliphatic rings. The largest absolute Gasteiger partial charge is 0.469 e. The number of methoxy groups -OCH3 is 2. The van der Waals surface area contributed by atoms with Gasteiger partial charge in [0, 0.05) is 13.0 Å². The summed E-state index contributed by atoms with van der Waals surface area (Å²) in [5, 5.41) is 10.3. The van der Waals surface area contributed by atoms with Crippen molar-refractivity contribution in [2.75, 3.05) is 14.2 Å². The number of aliphatic hydroxyl groups is 1. The molecule has 0 spiro atoms. The zero-order valence-electron chi connectivity index (χ0n) is 11.7. The summed E-state index contributed by atoms with van der Waals surface area (Å²) in [7, 11) is 2.97. The van der Waals surface area contributed by atoms with Crippen molar-refractivity contribution in [1.82, 2.24) is 0 Å². The molecule has 1 saturated carbocycles. The van der Waals surface area contributed by atoms with Crippen molar-refractivity contribution < 1.29 is 24.1 Å². The van der Waals surface area contributed by atoms with Gasteiger partial charge in [-0.15, -0.1) is 0 Å². The Morgan fingerprint density at radius 3 is 2.47 bits per heavy atom. The van der Waals surface area contributed by atoms with Crippen molar-refractivity contribution in [2.24, 2.45) is 11.8 Å². The van der Waals surface area contributed by atoms with Crippen LogP contribution in [-0.4, -0.2) is 43.8 Å². The molecular formula is C14H24O5. The van der Waals surface area contributed by atoms with Crippen molar-refractivity contribution in [2.45, 2.75) is 57.0 Å². The second kappa shape index (κ2) is 6.68. The van der Waals surface area contributed by atoms with Crippen LogP contribution in [0.5, 0.6) is 0 Å². The molecule has 19 heavy (non-hydrogen) atoms.